The predicted molar refractivity (Wildman–Crippen MR) is 98.7 cm³/mol. The molecule has 0 atom stereocenters. The van der Waals surface area contributed by atoms with Gasteiger partial charge in [-0.1, -0.05) is 18.0 Å². The molecule has 28 heavy (non-hydrogen) atoms. The standard InChI is InChI=1S/C18H16ClF3N2O3S/c19-12-7-11(18(20,21)22)8-23-16(12)24-15(25)9-27-17(26)14-6-10-4-2-1-3-5-13(10)28-14/h6-8H,1-5,9H2,(H,23,24,25). The van der Waals surface area contributed by atoms with Crippen molar-refractivity contribution in [2.24, 2.45) is 0 Å². The van der Waals surface area contributed by atoms with Gasteiger partial charge in [-0.15, -0.1) is 11.3 Å². The van der Waals surface area contributed by atoms with Crippen LogP contribution in [-0.2, 0) is 28.5 Å². The van der Waals surface area contributed by atoms with Crippen LogP contribution >= 0.6 is 22.9 Å². The number of pyridine rings is 1. The Morgan fingerprint density at radius 2 is 1.96 bits per heavy atom. The molecule has 1 N–H and O–H groups in total. The second-order valence-corrected chi connectivity index (χ2v) is 7.84. The van der Waals surface area contributed by atoms with E-state index >= 15 is 0 Å². The Morgan fingerprint density at radius 1 is 1.21 bits per heavy atom. The van der Waals surface area contributed by atoms with E-state index < -0.39 is 30.2 Å². The van der Waals surface area contributed by atoms with Crippen LogP contribution in [0.25, 0.3) is 0 Å². The zero-order chi connectivity index (χ0) is 20.3. The first-order valence-corrected chi connectivity index (χ1v) is 9.75. The topological polar surface area (TPSA) is 68.3 Å². The normalized spacial score (nSPS) is 14.1. The van der Waals surface area contributed by atoms with Crippen LogP contribution in [0, 0.1) is 0 Å². The maximum atomic E-state index is 12.6. The SMILES string of the molecule is O=C(COC(=O)c1cc2c(s1)CCCCC2)Nc1ncc(C(F)(F)F)cc1Cl. The number of carbonyl (C=O) groups excluding carboxylic acids is 2. The van der Waals surface area contributed by atoms with E-state index in [1.165, 1.54) is 22.6 Å². The summed E-state index contributed by atoms with van der Waals surface area (Å²) in [4.78, 5) is 29.2. The zero-order valence-corrected chi connectivity index (χ0v) is 16.1. The fourth-order valence-corrected chi connectivity index (χ4v) is 4.18. The molecular formula is C18H16ClF3N2O3S. The van der Waals surface area contributed by atoms with Crippen molar-refractivity contribution < 1.29 is 27.5 Å². The van der Waals surface area contributed by atoms with Crippen molar-refractivity contribution in [3.05, 3.63) is 44.2 Å². The van der Waals surface area contributed by atoms with E-state index in [1.54, 1.807) is 6.07 Å². The van der Waals surface area contributed by atoms with Gasteiger partial charge in [0.05, 0.1) is 10.6 Å². The van der Waals surface area contributed by atoms with Crippen molar-refractivity contribution in [3.63, 3.8) is 0 Å². The third kappa shape index (κ3) is 5.02. The predicted octanol–water partition coefficient (Wildman–Crippen LogP) is 4.88. The Balaban J connectivity index is 1.56. The Labute approximate surface area is 167 Å². The van der Waals surface area contributed by atoms with E-state index in [1.807, 2.05) is 0 Å². The van der Waals surface area contributed by atoms with E-state index in [-0.39, 0.29) is 10.8 Å². The lowest BCUT2D eigenvalue weighted by Gasteiger charge is -2.10. The van der Waals surface area contributed by atoms with Crippen LogP contribution in [0.5, 0.6) is 0 Å². The Kier molecular flexibility index (Phi) is 6.24. The number of halogens is 4. The summed E-state index contributed by atoms with van der Waals surface area (Å²) in [6.45, 7) is -0.597. The number of ether oxygens (including phenoxy) is 1. The van der Waals surface area contributed by atoms with Crippen LogP contribution in [0.2, 0.25) is 5.02 Å². The number of alkyl halides is 3. The average molecular weight is 433 g/mol. The highest BCUT2D eigenvalue weighted by molar-refractivity contribution is 7.14. The molecule has 1 aliphatic carbocycles. The first kappa shape index (κ1) is 20.6. The maximum absolute atomic E-state index is 12.6. The van der Waals surface area contributed by atoms with Crippen LogP contribution in [-0.4, -0.2) is 23.5 Å². The van der Waals surface area contributed by atoms with Crippen molar-refractivity contribution in [3.8, 4) is 0 Å². The number of nitrogens with one attached hydrogen (secondary N) is 1. The van der Waals surface area contributed by atoms with Crippen molar-refractivity contribution >= 4 is 40.6 Å². The molecule has 1 amide bonds. The van der Waals surface area contributed by atoms with Crippen molar-refractivity contribution in [2.75, 3.05) is 11.9 Å². The van der Waals surface area contributed by atoms with E-state index in [9.17, 15) is 22.8 Å². The van der Waals surface area contributed by atoms with Gasteiger partial charge in [0, 0.05) is 11.1 Å². The van der Waals surface area contributed by atoms with E-state index in [0.29, 0.717) is 17.1 Å². The maximum Gasteiger partial charge on any atom is 0.417 e. The lowest BCUT2D eigenvalue weighted by Crippen LogP contribution is -2.21. The highest BCUT2D eigenvalue weighted by Gasteiger charge is 2.31. The number of aromatic nitrogens is 1. The van der Waals surface area contributed by atoms with Crippen LogP contribution < -0.4 is 5.32 Å². The van der Waals surface area contributed by atoms with Crippen molar-refractivity contribution in [2.45, 2.75) is 38.3 Å². The van der Waals surface area contributed by atoms with Gasteiger partial charge in [0.1, 0.15) is 4.88 Å². The number of thiophene rings is 1. The molecule has 0 aromatic carbocycles. The fourth-order valence-electron chi connectivity index (χ4n) is 2.82. The Bertz CT molecular complexity index is 875. The molecule has 2 heterocycles. The fraction of sp³-hybridized carbons (Fsp3) is 0.389. The number of nitrogens with zero attached hydrogens (tertiary/aromatic N) is 1. The van der Waals surface area contributed by atoms with Crippen LogP contribution in [0.1, 0.15) is 44.9 Å². The van der Waals surface area contributed by atoms with Gasteiger partial charge in [0.15, 0.2) is 12.4 Å². The number of anilines is 1. The minimum atomic E-state index is -4.59. The number of rotatable bonds is 4. The highest BCUT2D eigenvalue weighted by atomic mass is 35.5. The quantitative estimate of drug-likeness (QED) is 0.552. The summed E-state index contributed by atoms with van der Waals surface area (Å²) < 4.78 is 42.8. The van der Waals surface area contributed by atoms with Gasteiger partial charge < -0.3 is 10.1 Å². The molecule has 10 heteroatoms. The van der Waals surface area contributed by atoms with E-state index in [2.05, 4.69) is 10.3 Å². The number of fused-ring (bicyclic) bond motifs is 1. The summed E-state index contributed by atoms with van der Waals surface area (Å²) in [6.07, 6.45) is 1.18. The zero-order valence-electron chi connectivity index (χ0n) is 14.6. The lowest BCUT2D eigenvalue weighted by molar-refractivity contribution is -0.137. The molecule has 0 fully saturated rings. The number of aryl methyl sites for hydroxylation is 2. The molecule has 0 saturated heterocycles. The second kappa shape index (κ2) is 8.48. The first-order chi connectivity index (χ1) is 13.2. The number of hydrogen-bond acceptors (Lipinski definition) is 5. The molecule has 0 bridgehead atoms. The summed E-state index contributed by atoms with van der Waals surface area (Å²) in [5, 5.41) is 1.87. The van der Waals surface area contributed by atoms with Crippen LogP contribution in [0.15, 0.2) is 18.3 Å². The number of hydrogen-bond donors (Lipinski definition) is 1. The third-order valence-corrected chi connectivity index (χ3v) is 5.71. The van der Waals surface area contributed by atoms with Gasteiger partial charge in [-0.3, -0.25) is 4.79 Å². The lowest BCUT2D eigenvalue weighted by atomic mass is 10.1. The molecule has 0 aliphatic heterocycles. The monoisotopic (exact) mass is 432 g/mol. The summed E-state index contributed by atoms with van der Waals surface area (Å²) in [5.74, 6) is -1.60. The minimum absolute atomic E-state index is 0.237. The van der Waals surface area contributed by atoms with Gasteiger partial charge in [0.2, 0.25) is 0 Å². The molecule has 3 rings (SSSR count). The average Bonchev–Trinajstić information content (AvgIpc) is 2.91. The molecular weight excluding hydrogens is 417 g/mol. The first-order valence-electron chi connectivity index (χ1n) is 8.55. The minimum Gasteiger partial charge on any atom is -0.451 e. The van der Waals surface area contributed by atoms with Gasteiger partial charge in [0.25, 0.3) is 5.91 Å². The van der Waals surface area contributed by atoms with E-state index in [4.69, 9.17) is 16.3 Å². The molecule has 0 spiro atoms. The molecule has 2 aromatic rings. The Hall–Kier alpha value is -2.13. The van der Waals surface area contributed by atoms with Crippen molar-refractivity contribution in [1.82, 2.24) is 4.98 Å². The largest absolute Gasteiger partial charge is 0.451 e. The Morgan fingerprint density at radius 3 is 2.68 bits per heavy atom. The number of esters is 1. The third-order valence-electron chi connectivity index (χ3n) is 4.21. The summed E-state index contributed by atoms with van der Waals surface area (Å²) in [5.41, 5.74) is 0.124. The molecule has 0 unspecified atom stereocenters. The molecule has 2 aromatic heterocycles. The highest BCUT2D eigenvalue weighted by Crippen LogP contribution is 2.32. The summed E-state index contributed by atoms with van der Waals surface area (Å²) in [7, 11) is 0. The molecule has 5 nitrogen and oxygen atoms in total. The van der Waals surface area contributed by atoms with Crippen molar-refractivity contribution in [1.29, 1.82) is 0 Å². The number of carbonyl (C=O) groups is 2. The molecule has 1 aliphatic rings. The van der Waals surface area contributed by atoms with Crippen LogP contribution in [0.3, 0.4) is 0 Å². The van der Waals surface area contributed by atoms with Gasteiger partial charge >= 0.3 is 12.1 Å². The molecule has 150 valence electrons. The second-order valence-electron chi connectivity index (χ2n) is 6.30. The molecule has 0 radical (unpaired) electrons. The van der Waals surface area contributed by atoms with Gasteiger partial charge in [-0.2, -0.15) is 13.2 Å². The molecule has 0 saturated carbocycles. The van der Waals surface area contributed by atoms with Gasteiger partial charge in [-0.05, 0) is 43.4 Å². The smallest absolute Gasteiger partial charge is 0.417 e. The number of amides is 1. The van der Waals surface area contributed by atoms with Gasteiger partial charge in [-0.25, -0.2) is 9.78 Å². The summed E-state index contributed by atoms with van der Waals surface area (Å²) >= 11 is 7.10. The summed E-state index contributed by atoms with van der Waals surface area (Å²) in [6, 6.07) is 2.47. The van der Waals surface area contributed by atoms with Crippen LogP contribution in [0.4, 0.5) is 19.0 Å². The van der Waals surface area contributed by atoms with E-state index in [0.717, 1.165) is 31.2 Å².